The highest BCUT2D eigenvalue weighted by Crippen LogP contribution is 1.80. The highest BCUT2D eigenvalue weighted by Gasteiger charge is 1.61. The van der Waals surface area contributed by atoms with E-state index in [9.17, 15) is 0 Å². The predicted octanol–water partition coefficient (Wildman–Crippen LogP) is 2.64. The van der Waals surface area contributed by atoms with Gasteiger partial charge in [-0.25, -0.2) is 0 Å². The topological polar surface area (TPSA) is 0 Å². The van der Waals surface area contributed by atoms with Gasteiger partial charge in [-0.1, -0.05) is 22.6 Å². The lowest BCUT2D eigenvalue weighted by molar-refractivity contribution is 1.59. The van der Waals surface area contributed by atoms with Crippen molar-refractivity contribution in [1.82, 2.24) is 0 Å². The lowest BCUT2D eigenvalue weighted by Crippen LogP contribution is -1.62. The maximum atomic E-state index is 5.18. The van der Waals surface area contributed by atoms with E-state index in [4.69, 9.17) is 11.6 Å². The highest BCUT2D eigenvalue weighted by molar-refractivity contribution is 14.1. The van der Waals surface area contributed by atoms with Gasteiger partial charge in [-0.05, 0) is 12.5 Å². The van der Waals surface area contributed by atoms with Crippen molar-refractivity contribution in [2.24, 2.45) is 0 Å². The standard InChI is InChI=1S/C2H4ClI.C2H6S/c3-1-2-4;1-3-2/h1-2H2;1-2H3. The first kappa shape index (κ1) is 11.2. The molecule has 46 valence electrons. The normalized spacial score (nSPS) is 6.86. The van der Waals surface area contributed by atoms with E-state index in [1.165, 1.54) is 0 Å². The van der Waals surface area contributed by atoms with E-state index in [0.717, 1.165) is 10.3 Å². The molecule has 0 fully saturated rings. The van der Waals surface area contributed by atoms with Crippen LogP contribution >= 0.6 is 46.0 Å². The van der Waals surface area contributed by atoms with Gasteiger partial charge in [0.05, 0.1) is 0 Å². The Morgan fingerprint density at radius 1 is 1.57 bits per heavy atom. The molecule has 0 aliphatic rings. The van der Waals surface area contributed by atoms with Crippen molar-refractivity contribution in [3.63, 3.8) is 0 Å². The molecule has 0 unspecified atom stereocenters. The first-order chi connectivity index (χ1) is 3.33. The molecule has 0 aromatic rings. The third-order valence-corrected chi connectivity index (χ3v) is 1.44. The molecule has 3 heteroatoms. The van der Waals surface area contributed by atoms with E-state index in [2.05, 4.69) is 22.6 Å². The smallest absolute Gasteiger partial charge is 0.0313 e. The van der Waals surface area contributed by atoms with Crippen LogP contribution in [0.4, 0.5) is 0 Å². The lowest BCUT2D eigenvalue weighted by Gasteiger charge is -1.63. The van der Waals surface area contributed by atoms with Gasteiger partial charge in [0.15, 0.2) is 0 Å². The average molecular weight is 253 g/mol. The fourth-order valence-corrected chi connectivity index (χ4v) is 0. The molecule has 0 N–H and O–H groups in total. The summed E-state index contributed by atoms with van der Waals surface area (Å²) in [7, 11) is 0. The second-order valence-electron chi connectivity index (χ2n) is 0.786. The fourth-order valence-electron chi connectivity index (χ4n) is 0. The van der Waals surface area contributed by atoms with Crippen molar-refractivity contribution in [3.8, 4) is 0 Å². The average Bonchev–Trinajstić information content (AvgIpc) is 1.69. The van der Waals surface area contributed by atoms with Crippen molar-refractivity contribution in [1.29, 1.82) is 0 Å². The number of rotatable bonds is 1. The molecular weight excluding hydrogens is 242 g/mol. The molecule has 0 aliphatic heterocycles. The Labute approximate surface area is 68.5 Å². The SMILES string of the molecule is CSC.ClCCI. The van der Waals surface area contributed by atoms with Crippen LogP contribution in [-0.4, -0.2) is 22.8 Å². The van der Waals surface area contributed by atoms with E-state index < -0.39 is 0 Å². The van der Waals surface area contributed by atoms with Gasteiger partial charge in [0.25, 0.3) is 0 Å². The van der Waals surface area contributed by atoms with Gasteiger partial charge in [-0.15, -0.1) is 11.6 Å². The summed E-state index contributed by atoms with van der Waals surface area (Å²) in [6, 6.07) is 0. The quantitative estimate of drug-likeness (QED) is 0.511. The summed E-state index contributed by atoms with van der Waals surface area (Å²) in [5, 5.41) is 0. The van der Waals surface area contributed by atoms with Crippen molar-refractivity contribution in [3.05, 3.63) is 0 Å². The van der Waals surface area contributed by atoms with Crippen LogP contribution in [0.3, 0.4) is 0 Å². The second-order valence-corrected chi connectivity index (χ2v) is 3.06. The third-order valence-electron chi connectivity index (χ3n) is 0.0714. The Morgan fingerprint density at radius 3 is 1.71 bits per heavy atom. The van der Waals surface area contributed by atoms with E-state index >= 15 is 0 Å². The Morgan fingerprint density at radius 2 is 1.71 bits per heavy atom. The monoisotopic (exact) mass is 252 g/mol. The Bertz CT molecular complexity index is 19.2. The number of alkyl halides is 2. The zero-order valence-corrected chi connectivity index (χ0v) is 8.31. The molecule has 0 heterocycles. The van der Waals surface area contributed by atoms with Crippen molar-refractivity contribution in [2.45, 2.75) is 0 Å². The van der Waals surface area contributed by atoms with Crippen molar-refractivity contribution >= 4 is 46.0 Å². The van der Waals surface area contributed by atoms with Gasteiger partial charge >= 0.3 is 0 Å². The molecule has 0 aromatic heterocycles. The Balaban J connectivity index is 0. The fraction of sp³-hybridized carbons (Fsp3) is 1.00. The number of hydrogen-bond acceptors (Lipinski definition) is 1. The summed E-state index contributed by atoms with van der Waals surface area (Å²) < 4.78 is 1.05. The maximum absolute atomic E-state index is 5.18. The largest absolute Gasteiger partial charge is 0.169 e. The molecule has 7 heavy (non-hydrogen) atoms. The summed E-state index contributed by atoms with van der Waals surface area (Å²) in [4.78, 5) is 0. The van der Waals surface area contributed by atoms with Crippen LogP contribution in [0.15, 0.2) is 0 Å². The van der Waals surface area contributed by atoms with Gasteiger partial charge in [0.2, 0.25) is 0 Å². The van der Waals surface area contributed by atoms with Crippen LogP contribution < -0.4 is 0 Å². The number of thioether (sulfide) groups is 1. The third kappa shape index (κ3) is 37.8. The zero-order valence-electron chi connectivity index (χ0n) is 4.58. The first-order valence-corrected chi connectivity index (χ1v) is 5.54. The molecule has 0 aliphatic carbocycles. The minimum Gasteiger partial charge on any atom is -0.169 e. The second kappa shape index (κ2) is 15.7. The summed E-state index contributed by atoms with van der Waals surface area (Å²) in [5.74, 6) is 0.778. The molecule has 0 amide bonds. The minimum absolute atomic E-state index is 0.778. The number of hydrogen-bond donors (Lipinski definition) is 0. The minimum atomic E-state index is 0.778. The molecular formula is C4H10ClIS. The molecule has 0 radical (unpaired) electrons. The maximum Gasteiger partial charge on any atom is 0.0313 e. The molecule has 0 spiro atoms. The summed E-state index contributed by atoms with van der Waals surface area (Å²) in [6.07, 6.45) is 4.08. The van der Waals surface area contributed by atoms with Gasteiger partial charge in [-0.3, -0.25) is 0 Å². The zero-order chi connectivity index (χ0) is 6.12. The molecule has 0 saturated carbocycles. The van der Waals surface area contributed by atoms with E-state index in [1.54, 1.807) is 11.8 Å². The van der Waals surface area contributed by atoms with Crippen LogP contribution in [0.25, 0.3) is 0 Å². The highest BCUT2D eigenvalue weighted by atomic mass is 127. The van der Waals surface area contributed by atoms with Gasteiger partial charge < -0.3 is 0 Å². The van der Waals surface area contributed by atoms with Crippen molar-refractivity contribution in [2.75, 3.05) is 22.8 Å². The van der Waals surface area contributed by atoms with Crippen molar-refractivity contribution < 1.29 is 0 Å². The van der Waals surface area contributed by atoms with Crippen LogP contribution in [0.2, 0.25) is 0 Å². The van der Waals surface area contributed by atoms with Gasteiger partial charge in [0, 0.05) is 10.3 Å². The molecule has 0 aromatic carbocycles. The van der Waals surface area contributed by atoms with Gasteiger partial charge in [-0.2, -0.15) is 11.8 Å². The molecule has 0 bridgehead atoms. The first-order valence-electron chi connectivity index (χ1n) is 1.85. The van der Waals surface area contributed by atoms with E-state index in [0.29, 0.717) is 0 Å². The molecule has 0 atom stereocenters. The lowest BCUT2D eigenvalue weighted by atomic mass is 11.0. The molecule has 0 rings (SSSR count). The van der Waals surface area contributed by atoms with Crippen LogP contribution in [0, 0.1) is 0 Å². The van der Waals surface area contributed by atoms with Gasteiger partial charge in [0.1, 0.15) is 0 Å². The van der Waals surface area contributed by atoms with E-state index in [1.807, 2.05) is 12.5 Å². The van der Waals surface area contributed by atoms with Crippen LogP contribution in [-0.2, 0) is 0 Å². The number of halogens is 2. The summed E-state index contributed by atoms with van der Waals surface area (Å²) >= 11 is 9.15. The Hall–Kier alpha value is 1.37. The molecule has 0 saturated heterocycles. The predicted molar refractivity (Wildman–Crippen MR) is 49.0 cm³/mol. The Kier molecular flexibility index (Phi) is 25.1. The van der Waals surface area contributed by atoms with E-state index in [-0.39, 0.29) is 0 Å². The summed E-state index contributed by atoms with van der Waals surface area (Å²) in [6.45, 7) is 0. The van der Waals surface area contributed by atoms with Crippen LogP contribution in [0.5, 0.6) is 0 Å². The molecule has 0 nitrogen and oxygen atoms in total. The summed E-state index contributed by atoms with van der Waals surface area (Å²) in [5.41, 5.74) is 0. The van der Waals surface area contributed by atoms with Crippen LogP contribution in [0.1, 0.15) is 0 Å².